The van der Waals surface area contributed by atoms with Crippen LogP contribution < -0.4 is 10.0 Å². The van der Waals surface area contributed by atoms with E-state index >= 15 is 0 Å². The first-order valence-corrected chi connectivity index (χ1v) is 7.36. The lowest BCUT2D eigenvalue weighted by Crippen LogP contribution is -2.37. The Morgan fingerprint density at radius 3 is 2.65 bits per heavy atom. The second kappa shape index (κ2) is 5.16. The molecule has 4 nitrogen and oxygen atoms in total. The van der Waals surface area contributed by atoms with Gasteiger partial charge in [0, 0.05) is 12.6 Å². The summed E-state index contributed by atoms with van der Waals surface area (Å²) in [6.07, 6.45) is 2.16. The maximum Gasteiger partial charge on any atom is 0.240 e. The van der Waals surface area contributed by atoms with Crippen LogP contribution in [-0.4, -0.2) is 27.5 Å². The van der Waals surface area contributed by atoms with E-state index < -0.39 is 10.0 Å². The maximum absolute atomic E-state index is 12.0. The molecular weight excluding hydrogens is 236 g/mol. The van der Waals surface area contributed by atoms with Crippen LogP contribution in [0.3, 0.4) is 0 Å². The van der Waals surface area contributed by atoms with E-state index in [-0.39, 0.29) is 6.04 Å². The molecule has 1 saturated heterocycles. The van der Waals surface area contributed by atoms with Gasteiger partial charge >= 0.3 is 0 Å². The van der Waals surface area contributed by atoms with Crippen molar-refractivity contribution >= 4 is 10.0 Å². The van der Waals surface area contributed by atoms with E-state index in [1.165, 1.54) is 0 Å². The zero-order chi connectivity index (χ0) is 12.3. The molecule has 1 fully saturated rings. The average molecular weight is 254 g/mol. The Morgan fingerprint density at radius 1 is 1.35 bits per heavy atom. The fourth-order valence-electron chi connectivity index (χ4n) is 1.94. The Hall–Kier alpha value is -0.910. The third-order valence-electron chi connectivity index (χ3n) is 3.01. The van der Waals surface area contributed by atoms with Crippen LogP contribution in [0.25, 0.3) is 0 Å². The Kier molecular flexibility index (Phi) is 3.81. The van der Waals surface area contributed by atoms with Crippen molar-refractivity contribution < 1.29 is 8.42 Å². The Balaban J connectivity index is 2.00. The molecular formula is C12H18N2O2S. The number of hydrogen-bond donors (Lipinski definition) is 2. The first kappa shape index (κ1) is 12.5. The highest BCUT2D eigenvalue weighted by Gasteiger charge is 2.18. The number of benzene rings is 1. The highest BCUT2D eigenvalue weighted by atomic mass is 32.2. The fraction of sp³-hybridized carbons (Fsp3) is 0.500. The van der Waals surface area contributed by atoms with Gasteiger partial charge in [0.2, 0.25) is 10.0 Å². The minimum Gasteiger partial charge on any atom is -0.313 e. The van der Waals surface area contributed by atoms with E-state index in [4.69, 9.17) is 0 Å². The van der Waals surface area contributed by atoms with E-state index in [1.807, 2.05) is 19.1 Å². The summed E-state index contributed by atoms with van der Waals surface area (Å²) in [5, 5.41) is 3.26. The highest BCUT2D eigenvalue weighted by Crippen LogP contribution is 2.10. The van der Waals surface area contributed by atoms with Crippen LogP contribution in [0.2, 0.25) is 0 Å². The van der Waals surface area contributed by atoms with Gasteiger partial charge in [-0.3, -0.25) is 0 Å². The third kappa shape index (κ3) is 3.28. The first-order valence-electron chi connectivity index (χ1n) is 5.88. The number of hydrogen-bond acceptors (Lipinski definition) is 3. The number of sulfonamides is 1. The van der Waals surface area contributed by atoms with E-state index in [0.29, 0.717) is 11.4 Å². The van der Waals surface area contributed by atoms with E-state index in [2.05, 4.69) is 10.0 Å². The summed E-state index contributed by atoms with van der Waals surface area (Å²) in [7, 11) is -3.35. The molecule has 1 aromatic rings. The molecule has 0 radical (unpaired) electrons. The second-order valence-corrected chi connectivity index (χ2v) is 6.23. The smallest absolute Gasteiger partial charge is 0.240 e. The summed E-state index contributed by atoms with van der Waals surface area (Å²) in [5.41, 5.74) is 1.06. The van der Waals surface area contributed by atoms with Gasteiger partial charge in [-0.15, -0.1) is 0 Å². The number of aryl methyl sites for hydroxylation is 1. The monoisotopic (exact) mass is 254 g/mol. The molecule has 0 aliphatic carbocycles. The van der Waals surface area contributed by atoms with Gasteiger partial charge in [-0.2, -0.15) is 0 Å². The summed E-state index contributed by atoms with van der Waals surface area (Å²) in [5.74, 6) is 0. The molecule has 0 unspecified atom stereocenters. The average Bonchev–Trinajstić information content (AvgIpc) is 2.80. The van der Waals surface area contributed by atoms with Gasteiger partial charge in [-0.05, 0) is 38.4 Å². The molecule has 0 spiro atoms. The van der Waals surface area contributed by atoms with Gasteiger partial charge in [0.1, 0.15) is 0 Å². The molecule has 2 rings (SSSR count). The molecule has 1 atom stereocenters. The molecule has 17 heavy (non-hydrogen) atoms. The molecule has 5 heteroatoms. The van der Waals surface area contributed by atoms with Gasteiger partial charge in [-0.25, -0.2) is 13.1 Å². The molecule has 1 aliphatic rings. The topological polar surface area (TPSA) is 58.2 Å². The molecule has 94 valence electrons. The fourth-order valence-corrected chi connectivity index (χ4v) is 3.02. The van der Waals surface area contributed by atoms with Gasteiger partial charge in [0.05, 0.1) is 4.90 Å². The molecule has 0 bridgehead atoms. The van der Waals surface area contributed by atoms with Crippen molar-refractivity contribution in [2.45, 2.75) is 30.7 Å². The Labute approximate surface area is 102 Å². The van der Waals surface area contributed by atoms with Crippen molar-refractivity contribution in [3.05, 3.63) is 29.8 Å². The van der Waals surface area contributed by atoms with E-state index in [0.717, 1.165) is 24.9 Å². The Morgan fingerprint density at radius 2 is 2.06 bits per heavy atom. The number of nitrogens with one attached hydrogen (secondary N) is 2. The third-order valence-corrected chi connectivity index (χ3v) is 4.45. The number of rotatable bonds is 4. The van der Waals surface area contributed by atoms with Gasteiger partial charge in [-0.1, -0.05) is 17.7 Å². The predicted octanol–water partition coefficient (Wildman–Crippen LogP) is 1.03. The minimum absolute atomic E-state index is 0.273. The van der Waals surface area contributed by atoms with Crippen LogP contribution in [0.5, 0.6) is 0 Å². The molecule has 2 N–H and O–H groups in total. The maximum atomic E-state index is 12.0. The molecule has 1 aromatic carbocycles. The predicted molar refractivity (Wildman–Crippen MR) is 67.4 cm³/mol. The second-order valence-electron chi connectivity index (χ2n) is 4.46. The molecule has 0 amide bonds. The van der Waals surface area contributed by atoms with Gasteiger partial charge in [0.15, 0.2) is 0 Å². The van der Waals surface area contributed by atoms with Crippen molar-refractivity contribution in [2.75, 3.05) is 13.1 Å². The van der Waals surface area contributed by atoms with Crippen molar-refractivity contribution in [2.24, 2.45) is 0 Å². The van der Waals surface area contributed by atoms with Crippen molar-refractivity contribution in [1.82, 2.24) is 10.0 Å². The lowest BCUT2D eigenvalue weighted by Gasteiger charge is -2.12. The lowest BCUT2D eigenvalue weighted by atomic mass is 10.2. The van der Waals surface area contributed by atoms with E-state index in [1.54, 1.807) is 12.1 Å². The van der Waals surface area contributed by atoms with Crippen LogP contribution >= 0.6 is 0 Å². The summed E-state index contributed by atoms with van der Waals surface area (Å²) in [6.45, 7) is 3.39. The highest BCUT2D eigenvalue weighted by molar-refractivity contribution is 7.89. The van der Waals surface area contributed by atoms with Crippen LogP contribution in [0.15, 0.2) is 29.2 Å². The summed E-state index contributed by atoms with van der Waals surface area (Å²) in [4.78, 5) is 0.334. The van der Waals surface area contributed by atoms with Gasteiger partial charge < -0.3 is 5.32 Å². The molecule has 1 heterocycles. The van der Waals surface area contributed by atoms with Crippen LogP contribution in [-0.2, 0) is 10.0 Å². The van der Waals surface area contributed by atoms with Crippen molar-refractivity contribution in [1.29, 1.82) is 0 Å². The zero-order valence-electron chi connectivity index (χ0n) is 9.94. The summed E-state index contributed by atoms with van der Waals surface area (Å²) >= 11 is 0. The minimum atomic E-state index is -3.35. The zero-order valence-corrected chi connectivity index (χ0v) is 10.8. The first-order chi connectivity index (χ1) is 8.08. The lowest BCUT2D eigenvalue weighted by molar-refractivity contribution is 0.552. The Bertz CT molecular complexity index is 462. The van der Waals surface area contributed by atoms with Crippen LogP contribution in [0.1, 0.15) is 18.4 Å². The standard InChI is InChI=1S/C12H18N2O2S/c1-10-4-6-12(7-5-10)17(15,16)14-9-11-3-2-8-13-11/h4-7,11,13-14H,2-3,8-9H2,1H3/t11-/m0/s1. The van der Waals surface area contributed by atoms with Gasteiger partial charge in [0.25, 0.3) is 0 Å². The van der Waals surface area contributed by atoms with Crippen molar-refractivity contribution in [3.8, 4) is 0 Å². The molecule has 0 saturated carbocycles. The molecule has 0 aromatic heterocycles. The summed E-state index contributed by atoms with van der Waals surface area (Å²) < 4.78 is 26.6. The van der Waals surface area contributed by atoms with Crippen molar-refractivity contribution in [3.63, 3.8) is 0 Å². The normalized spacial score (nSPS) is 20.6. The van der Waals surface area contributed by atoms with Crippen LogP contribution in [0, 0.1) is 6.92 Å². The SMILES string of the molecule is Cc1ccc(S(=O)(=O)NC[C@@H]2CCCN2)cc1. The summed E-state index contributed by atoms with van der Waals surface area (Å²) in [6, 6.07) is 7.17. The molecule has 1 aliphatic heterocycles. The quantitative estimate of drug-likeness (QED) is 0.843. The largest absolute Gasteiger partial charge is 0.313 e. The van der Waals surface area contributed by atoms with E-state index in [9.17, 15) is 8.42 Å². The van der Waals surface area contributed by atoms with Crippen LogP contribution in [0.4, 0.5) is 0 Å².